The van der Waals surface area contributed by atoms with E-state index in [1.807, 2.05) is 42.5 Å². The van der Waals surface area contributed by atoms with Crippen molar-refractivity contribution in [2.75, 3.05) is 6.54 Å². The SMILES string of the molecule is O=C(O)[C@H]1c2ccccc2CCN1C(=O)[C@H]1Cc2ccccc2O1. The minimum Gasteiger partial charge on any atom is -0.480 e. The summed E-state index contributed by atoms with van der Waals surface area (Å²) in [5.41, 5.74) is 2.67. The summed E-state index contributed by atoms with van der Waals surface area (Å²) in [6.45, 7) is 0.392. The maximum atomic E-state index is 12.9. The number of aliphatic carboxylic acids is 1. The molecular formula is C19H17NO4. The van der Waals surface area contributed by atoms with Gasteiger partial charge >= 0.3 is 5.97 Å². The molecule has 2 atom stereocenters. The molecule has 0 spiro atoms. The van der Waals surface area contributed by atoms with Crippen LogP contribution in [0.25, 0.3) is 0 Å². The van der Waals surface area contributed by atoms with Crippen LogP contribution in [0.1, 0.15) is 22.7 Å². The molecular weight excluding hydrogens is 306 g/mol. The molecule has 1 amide bonds. The molecule has 0 aromatic heterocycles. The predicted octanol–water partition coefficient (Wildman–Crippen LogP) is 2.20. The van der Waals surface area contributed by atoms with Crippen LogP contribution in [0.3, 0.4) is 0 Å². The fourth-order valence-corrected chi connectivity index (χ4v) is 3.58. The van der Waals surface area contributed by atoms with E-state index in [0.29, 0.717) is 30.7 Å². The summed E-state index contributed by atoms with van der Waals surface area (Å²) >= 11 is 0. The van der Waals surface area contributed by atoms with Crippen LogP contribution in [-0.4, -0.2) is 34.5 Å². The lowest BCUT2D eigenvalue weighted by Gasteiger charge is -2.35. The van der Waals surface area contributed by atoms with Gasteiger partial charge in [0, 0.05) is 13.0 Å². The number of carbonyl (C=O) groups is 2. The van der Waals surface area contributed by atoms with E-state index in [1.54, 1.807) is 6.07 Å². The second kappa shape index (κ2) is 5.67. The normalized spacial score (nSPS) is 21.6. The van der Waals surface area contributed by atoms with Gasteiger partial charge in [0.25, 0.3) is 5.91 Å². The minimum atomic E-state index is -1.01. The van der Waals surface area contributed by atoms with Crippen molar-refractivity contribution in [3.63, 3.8) is 0 Å². The highest BCUT2D eigenvalue weighted by Gasteiger charge is 2.40. The number of carboxylic acids is 1. The van der Waals surface area contributed by atoms with Crippen molar-refractivity contribution < 1.29 is 19.4 Å². The molecule has 0 fully saturated rings. The van der Waals surface area contributed by atoms with Gasteiger partial charge in [-0.2, -0.15) is 0 Å². The van der Waals surface area contributed by atoms with Gasteiger partial charge in [0.2, 0.25) is 0 Å². The highest BCUT2D eigenvalue weighted by atomic mass is 16.5. The molecule has 0 aliphatic carbocycles. The molecule has 2 aliphatic heterocycles. The zero-order valence-electron chi connectivity index (χ0n) is 13.0. The van der Waals surface area contributed by atoms with Crippen molar-refractivity contribution in [3.8, 4) is 5.75 Å². The first-order valence-corrected chi connectivity index (χ1v) is 8.01. The zero-order chi connectivity index (χ0) is 16.7. The summed E-state index contributed by atoms with van der Waals surface area (Å²) in [7, 11) is 0. The third-order valence-corrected chi connectivity index (χ3v) is 4.72. The highest BCUT2D eigenvalue weighted by Crippen LogP contribution is 2.34. The van der Waals surface area contributed by atoms with Gasteiger partial charge in [0.05, 0.1) is 0 Å². The van der Waals surface area contributed by atoms with E-state index in [9.17, 15) is 14.7 Å². The Balaban J connectivity index is 1.62. The van der Waals surface area contributed by atoms with Crippen molar-refractivity contribution in [2.24, 2.45) is 0 Å². The Hall–Kier alpha value is -2.82. The van der Waals surface area contributed by atoms with Gasteiger partial charge in [-0.05, 0) is 29.2 Å². The molecule has 5 nitrogen and oxygen atoms in total. The average molecular weight is 323 g/mol. The number of carbonyl (C=O) groups excluding carboxylic acids is 1. The first-order chi connectivity index (χ1) is 11.6. The molecule has 2 aliphatic rings. The third kappa shape index (κ3) is 2.33. The Morgan fingerprint density at radius 1 is 1.04 bits per heavy atom. The van der Waals surface area contributed by atoms with Crippen LogP contribution in [-0.2, 0) is 22.4 Å². The fourth-order valence-electron chi connectivity index (χ4n) is 3.58. The standard InChI is InChI=1S/C19H17NO4/c21-18(16-11-13-6-2-4-8-15(13)24-16)20-10-9-12-5-1-3-7-14(12)17(20)19(22)23/h1-8,16-17H,9-11H2,(H,22,23)/t16-,17-/m1/s1. The number of ether oxygens (including phenoxy) is 1. The topological polar surface area (TPSA) is 66.8 Å². The van der Waals surface area contributed by atoms with E-state index in [1.165, 1.54) is 4.90 Å². The number of amides is 1. The zero-order valence-corrected chi connectivity index (χ0v) is 13.0. The van der Waals surface area contributed by atoms with E-state index in [4.69, 9.17) is 4.74 Å². The third-order valence-electron chi connectivity index (χ3n) is 4.72. The molecule has 0 radical (unpaired) electrons. The molecule has 0 bridgehead atoms. The van der Waals surface area contributed by atoms with Crippen molar-refractivity contribution >= 4 is 11.9 Å². The maximum Gasteiger partial charge on any atom is 0.331 e. The minimum absolute atomic E-state index is 0.256. The molecule has 0 saturated heterocycles. The number of rotatable bonds is 2. The highest BCUT2D eigenvalue weighted by molar-refractivity contribution is 5.89. The number of fused-ring (bicyclic) bond motifs is 2. The lowest BCUT2D eigenvalue weighted by Crippen LogP contribution is -2.48. The van der Waals surface area contributed by atoms with Crippen LogP contribution in [0, 0.1) is 0 Å². The van der Waals surface area contributed by atoms with Gasteiger partial charge in [-0.15, -0.1) is 0 Å². The van der Waals surface area contributed by atoms with Crippen LogP contribution in [0.5, 0.6) is 5.75 Å². The fraction of sp³-hybridized carbons (Fsp3) is 0.263. The number of nitrogens with zero attached hydrogens (tertiary/aromatic N) is 1. The first-order valence-electron chi connectivity index (χ1n) is 8.01. The molecule has 0 saturated carbocycles. The lowest BCUT2D eigenvalue weighted by molar-refractivity contribution is -0.154. The average Bonchev–Trinajstić information content (AvgIpc) is 3.04. The van der Waals surface area contributed by atoms with Crippen LogP contribution >= 0.6 is 0 Å². The van der Waals surface area contributed by atoms with Crippen molar-refractivity contribution in [2.45, 2.75) is 25.0 Å². The van der Waals surface area contributed by atoms with E-state index >= 15 is 0 Å². The summed E-state index contributed by atoms with van der Waals surface area (Å²) in [6.07, 6.45) is 0.500. The van der Waals surface area contributed by atoms with Gasteiger partial charge in [-0.25, -0.2) is 4.79 Å². The lowest BCUT2D eigenvalue weighted by atomic mass is 9.92. The Morgan fingerprint density at radius 3 is 2.50 bits per heavy atom. The molecule has 2 aromatic carbocycles. The van der Waals surface area contributed by atoms with E-state index < -0.39 is 18.1 Å². The molecule has 24 heavy (non-hydrogen) atoms. The second-order valence-electron chi connectivity index (χ2n) is 6.14. The van der Waals surface area contributed by atoms with Gasteiger partial charge in [0.1, 0.15) is 5.75 Å². The summed E-state index contributed by atoms with van der Waals surface area (Å²) < 4.78 is 5.75. The van der Waals surface area contributed by atoms with Crippen molar-refractivity contribution in [1.82, 2.24) is 4.90 Å². The number of benzene rings is 2. The number of carboxylic acid groups (broad SMARTS) is 1. The summed E-state index contributed by atoms with van der Waals surface area (Å²) in [5, 5.41) is 9.69. The molecule has 2 aromatic rings. The summed E-state index contributed by atoms with van der Waals surface area (Å²) in [5.74, 6) is -0.556. The summed E-state index contributed by atoms with van der Waals surface area (Å²) in [6, 6.07) is 14.0. The Labute approximate surface area is 139 Å². The van der Waals surface area contributed by atoms with Crippen LogP contribution < -0.4 is 4.74 Å². The van der Waals surface area contributed by atoms with E-state index in [0.717, 1.165) is 11.1 Å². The molecule has 122 valence electrons. The smallest absolute Gasteiger partial charge is 0.331 e. The Kier molecular flexibility index (Phi) is 3.49. The number of hydrogen-bond acceptors (Lipinski definition) is 3. The Bertz CT molecular complexity index is 792. The summed E-state index contributed by atoms with van der Waals surface area (Å²) in [4.78, 5) is 26.2. The van der Waals surface area contributed by atoms with Crippen LogP contribution in [0.2, 0.25) is 0 Å². The monoisotopic (exact) mass is 323 g/mol. The van der Waals surface area contributed by atoms with E-state index in [2.05, 4.69) is 0 Å². The van der Waals surface area contributed by atoms with Gasteiger partial charge in [-0.1, -0.05) is 42.5 Å². The van der Waals surface area contributed by atoms with Crippen LogP contribution in [0.15, 0.2) is 48.5 Å². The molecule has 1 N–H and O–H groups in total. The quantitative estimate of drug-likeness (QED) is 0.920. The number of para-hydroxylation sites is 1. The van der Waals surface area contributed by atoms with Gasteiger partial charge in [0.15, 0.2) is 12.1 Å². The van der Waals surface area contributed by atoms with Crippen LogP contribution in [0.4, 0.5) is 0 Å². The number of hydrogen-bond donors (Lipinski definition) is 1. The van der Waals surface area contributed by atoms with Crippen molar-refractivity contribution in [1.29, 1.82) is 0 Å². The Morgan fingerprint density at radius 2 is 1.75 bits per heavy atom. The molecule has 4 rings (SSSR count). The predicted molar refractivity (Wildman–Crippen MR) is 86.8 cm³/mol. The van der Waals surface area contributed by atoms with E-state index in [-0.39, 0.29) is 5.91 Å². The van der Waals surface area contributed by atoms with Crippen molar-refractivity contribution in [3.05, 3.63) is 65.2 Å². The largest absolute Gasteiger partial charge is 0.480 e. The molecule has 5 heteroatoms. The maximum absolute atomic E-state index is 12.9. The molecule has 2 heterocycles. The second-order valence-corrected chi connectivity index (χ2v) is 6.14. The van der Waals surface area contributed by atoms with Gasteiger partial charge < -0.3 is 14.7 Å². The van der Waals surface area contributed by atoms with Gasteiger partial charge in [-0.3, -0.25) is 4.79 Å². The first kappa shape index (κ1) is 14.8. The molecule has 0 unspecified atom stereocenters.